The van der Waals surface area contributed by atoms with Gasteiger partial charge in [0.2, 0.25) is 5.76 Å². The Labute approximate surface area is 204 Å². The van der Waals surface area contributed by atoms with Crippen molar-refractivity contribution in [3.63, 3.8) is 0 Å². The van der Waals surface area contributed by atoms with Crippen molar-refractivity contribution in [1.29, 1.82) is 0 Å². The Balaban J connectivity index is 1.70. The highest BCUT2D eigenvalue weighted by Crippen LogP contribution is 2.41. The minimum atomic E-state index is -0.757. The molecule has 1 atom stereocenters. The van der Waals surface area contributed by atoms with Crippen molar-refractivity contribution >= 4 is 51.7 Å². The number of benzene rings is 3. The van der Waals surface area contributed by atoms with E-state index in [1.165, 1.54) is 11.0 Å². The lowest BCUT2D eigenvalue weighted by molar-refractivity contribution is 0.0526. The topological polar surface area (TPSA) is 76.8 Å². The minimum absolute atomic E-state index is 0.0331. The molecule has 4 aromatic rings. The lowest BCUT2D eigenvalue weighted by Gasteiger charge is -2.25. The maximum atomic E-state index is 13.6. The summed E-state index contributed by atoms with van der Waals surface area (Å²) in [5.74, 6) is -0.957. The minimum Gasteiger partial charge on any atom is -0.462 e. The molecule has 0 fully saturated rings. The Bertz CT molecular complexity index is 1490. The fraction of sp³-hybridized carbons (Fsp3) is 0.115. The van der Waals surface area contributed by atoms with Crippen molar-refractivity contribution in [3.05, 3.63) is 109 Å². The van der Waals surface area contributed by atoms with Crippen molar-refractivity contribution in [1.82, 2.24) is 0 Å². The third-order valence-corrected chi connectivity index (χ3v) is 6.16. The lowest BCUT2D eigenvalue weighted by Crippen LogP contribution is -2.29. The second kappa shape index (κ2) is 8.63. The molecular weight excluding hydrogens is 477 g/mol. The van der Waals surface area contributed by atoms with Gasteiger partial charge in [-0.05, 0) is 67.1 Å². The normalized spacial score (nSPS) is 15.0. The van der Waals surface area contributed by atoms with Crippen LogP contribution in [0.4, 0.5) is 5.69 Å². The number of rotatable bonds is 4. The van der Waals surface area contributed by atoms with Gasteiger partial charge in [0.15, 0.2) is 5.43 Å². The zero-order valence-electron chi connectivity index (χ0n) is 17.9. The van der Waals surface area contributed by atoms with E-state index in [4.69, 9.17) is 32.4 Å². The molecule has 0 N–H and O–H groups in total. The van der Waals surface area contributed by atoms with Crippen LogP contribution in [0.1, 0.15) is 45.0 Å². The van der Waals surface area contributed by atoms with Crippen LogP contribution in [0, 0.1) is 0 Å². The highest BCUT2D eigenvalue weighted by Gasteiger charge is 2.43. The van der Waals surface area contributed by atoms with Crippen LogP contribution in [-0.4, -0.2) is 18.5 Å². The Morgan fingerprint density at radius 1 is 0.971 bits per heavy atom. The summed E-state index contributed by atoms with van der Waals surface area (Å²) < 4.78 is 11.0. The summed E-state index contributed by atoms with van der Waals surface area (Å²) in [4.78, 5) is 40.7. The van der Waals surface area contributed by atoms with Crippen LogP contribution in [0.2, 0.25) is 10.0 Å². The predicted molar refractivity (Wildman–Crippen MR) is 130 cm³/mol. The smallest absolute Gasteiger partial charge is 0.338 e. The maximum Gasteiger partial charge on any atom is 0.338 e. The van der Waals surface area contributed by atoms with Crippen LogP contribution in [-0.2, 0) is 4.74 Å². The summed E-state index contributed by atoms with van der Waals surface area (Å²) in [6.07, 6.45) is 0. The molecule has 3 aromatic carbocycles. The summed E-state index contributed by atoms with van der Waals surface area (Å²) >= 11 is 12.2. The largest absolute Gasteiger partial charge is 0.462 e. The molecule has 5 rings (SSSR count). The molecule has 0 saturated carbocycles. The van der Waals surface area contributed by atoms with E-state index in [9.17, 15) is 14.4 Å². The molecule has 1 aliphatic heterocycles. The number of esters is 1. The SMILES string of the molecule is CCOC(=O)c1ccc(N2C(=O)c3oc4ccc(Cl)cc4c(=O)c3C2c2ccc(Cl)cc2)cc1. The number of hydrogen-bond donors (Lipinski definition) is 0. The van der Waals surface area contributed by atoms with Gasteiger partial charge in [-0.3, -0.25) is 14.5 Å². The summed E-state index contributed by atoms with van der Waals surface area (Å²) in [5, 5.41) is 1.20. The van der Waals surface area contributed by atoms with Crippen molar-refractivity contribution in [3.8, 4) is 0 Å². The van der Waals surface area contributed by atoms with Crippen molar-refractivity contribution in [2.45, 2.75) is 13.0 Å². The summed E-state index contributed by atoms with van der Waals surface area (Å²) in [6.45, 7) is 1.98. The van der Waals surface area contributed by atoms with Crippen LogP contribution in [0.25, 0.3) is 11.0 Å². The molecule has 2 heterocycles. The standard InChI is InChI=1S/C26H17Cl2NO5/c1-2-33-26(32)15-5-10-18(11-6-15)29-22(14-3-7-16(27)8-4-14)21-23(30)19-13-17(28)9-12-20(19)34-24(21)25(29)31/h3-13,22H,2H2,1H3. The monoisotopic (exact) mass is 493 g/mol. The highest BCUT2D eigenvalue weighted by molar-refractivity contribution is 6.31. The number of fused-ring (bicyclic) bond motifs is 2. The molecule has 1 amide bonds. The van der Waals surface area contributed by atoms with Gasteiger partial charge in [0, 0.05) is 15.7 Å². The molecule has 8 heteroatoms. The van der Waals surface area contributed by atoms with Gasteiger partial charge >= 0.3 is 5.97 Å². The number of hydrogen-bond acceptors (Lipinski definition) is 5. The average Bonchev–Trinajstić information content (AvgIpc) is 3.13. The number of carbonyl (C=O) groups is 2. The molecular formula is C26H17Cl2NO5. The quantitative estimate of drug-likeness (QED) is 0.324. The van der Waals surface area contributed by atoms with Crippen molar-refractivity contribution in [2.24, 2.45) is 0 Å². The Hall–Kier alpha value is -3.61. The maximum absolute atomic E-state index is 13.6. The molecule has 34 heavy (non-hydrogen) atoms. The third-order valence-electron chi connectivity index (χ3n) is 5.67. The zero-order chi connectivity index (χ0) is 24.0. The van der Waals surface area contributed by atoms with E-state index < -0.39 is 17.9 Å². The summed E-state index contributed by atoms with van der Waals surface area (Å²) in [6, 6.07) is 17.3. The van der Waals surface area contributed by atoms with Crippen LogP contribution in [0.5, 0.6) is 0 Å². The van der Waals surface area contributed by atoms with Crippen LogP contribution < -0.4 is 10.3 Å². The first-order valence-corrected chi connectivity index (χ1v) is 11.3. The summed E-state index contributed by atoms with van der Waals surface area (Å²) in [7, 11) is 0. The van der Waals surface area contributed by atoms with E-state index in [0.29, 0.717) is 26.9 Å². The van der Waals surface area contributed by atoms with Gasteiger partial charge in [-0.1, -0.05) is 35.3 Å². The summed E-state index contributed by atoms with van der Waals surface area (Å²) in [5.41, 5.74) is 1.68. The van der Waals surface area contributed by atoms with Crippen LogP contribution in [0.15, 0.2) is 75.9 Å². The molecule has 0 saturated heterocycles. The van der Waals surface area contributed by atoms with E-state index in [1.807, 2.05) is 0 Å². The van der Waals surface area contributed by atoms with Gasteiger partial charge in [0.1, 0.15) is 5.58 Å². The molecule has 0 spiro atoms. The van der Waals surface area contributed by atoms with Crippen LogP contribution >= 0.6 is 23.2 Å². The van der Waals surface area contributed by atoms with E-state index >= 15 is 0 Å². The first-order valence-electron chi connectivity index (χ1n) is 10.5. The van der Waals surface area contributed by atoms with E-state index in [1.54, 1.807) is 67.6 Å². The van der Waals surface area contributed by atoms with Gasteiger partial charge in [-0.15, -0.1) is 0 Å². The molecule has 170 valence electrons. The van der Waals surface area contributed by atoms with Gasteiger partial charge in [-0.25, -0.2) is 4.79 Å². The van der Waals surface area contributed by atoms with E-state index in [-0.39, 0.29) is 34.3 Å². The molecule has 1 aliphatic rings. The second-order valence-electron chi connectivity index (χ2n) is 7.71. The first kappa shape index (κ1) is 22.2. The highest BCUT2D eigenvalue weighted by atomic mass is 35.5. The van der Waals surface area contributed by atoms with Crippen LogP contribution in [0.3, 0.4) is 0 Å². The third kappa shape index (κ3) is 3.65. The van der Waals surface area contributed by atoms with Crippen molar-refractivity contribution < 1.29 is 18.7 Å². The lowest BCUT2D eigenvalue weighted by atomic mass is 9.98. The number of anilines is 1. The molecule has 0 bridgehead atoms. The number of ether oxygens (including phenoxy) is 1. The Morgan fingerprint density at radius 2 is 1.65 bits per heavy atom. The molecule has 1 aromatic heterocycles. The van der Waals surface area contributed by atoms with E-state index in [2.05, 4.69) is 0 Å². The molecule has 0 aliphatic carbocycles. The number of carbonyl (C=O) groups excluding carboxylic acids is 2. The van der Waals surface area contributed by atoms with Gasteiger partial charge < -0.3 is 9.15 Å². The van der Waals surface area contributed by atoms with Gasteiger partial charge in [0.05, 0.1) is 29.2 Å². The number of halogens is 2. The fourth-order valence-electron chi connectivity index (χ4n) is 4.14. The van der Waals surface area contributed by atoms with Gasteiger partial charge in [-0.2, -0.15) is 0 Å². The molecule has 0 radical (unpaired) electrons. The molecule has 1 unspecified atom stereocenters. The Kier molecular flexibility index (Phi) is 5.63. The number of amides is 1. The fourth-order valence-corrected chi connectivity index (χ4v) is 4.44. The average molecular weight is 494 g/mol. The number of nitrogens with zero attached hydrogens (tertiary/aromatic N) is 1. The van der Waals surface area contributed by atoms with Gasteiger partial charge in [0.25, 0.3) is 5.91 Å². The zero-order valence-corrected chi connectivity index (χ0v) is 19.4. The molecule has 6 nitrogen and oxygen atoms in total. The van der Waals surface area contributed by atoms with E-state index in [0.717, 1.165) is 0 Å². The Morgan fingerprint density at radius 3 is 2.32 bits per heavy atom. The predicted octanol–water partition coefficient (Wildman–Crippen LogP) is 6.03. The second-order valence-corrected chi connectivity index (χ2v) is 8.58. The first-order chi connectivity index (χ1) is 16.4. The van der Waals surface area contributed by atoms with Crippen molar-refractivity contribution in [2.75, 3.05) is 11.5 Å².